The van der Waals surface area contributed by atoms with Crippen molar-refractivity contribution < 1.29 is 17.9 Å². The van der Waals surface area contributed by atoms with Crippen LogP contribution in [0, 0.1) is 0 Å². The molecule has 0 bridgehead atoms. The number of nitrogens with one attached hydrogen (secondary N) is 1. The maximum Gasteiger partial charge on any atom is 0.573 e. The second kappa shape index (κ2) is 5.04. The number of nitrogens with zero attached hydrogens (tertiary/aromatic N) is 1. The Labute approximate surface area is 113 Å². The van der Waals surface area contributed by atoms with Crippen LogP contribution in [0.5, 0.6) is 5.75 Å². The van der Waals surface area contributed by atoms with Crippen molar-refractivity contribution in [1.82, 2.24) is 9.97 Å². The second-order valence-electron chi connectivity index (χ2n) is 3.48. The highest BCUT2D eigenvalue weighted by Crippen LogP contribution is 2.24. The molecular weight excluding hydrogens is 329 g/mol. The Kier molecular flexibility index (Phi) is 3.61. The summed E-state index contributed by atoms with van der Waals surface area (Å²) < 4.78 is 39.9. The molecule has 1 aromatic carbocycles. The number of aromatic amines is 1. The van der Waals surface area contributed by atoms with Crippen LogP contribution >= 0.6 is 15.9 Å². The molecule has 0 fully saturated rings. The van der Waals surface area contributed by atoms with E-state index < -0.39 is 6.36 Å². The van der Waals surface area contributed by atoms with Crippen LogP contribution in [0.3, 0.4) is 0 Å². The Morgan fingerprint density at radius 3 is 2.37 bits per heavy atom. The van der Waals surface area contributed by atoms with Crippen molar-refractivity contribution >= 4 is 15.9 Å². The summed E-state index contributed by atoms with van der Waals surface area (Å²) >= 11 is 3.00. The van der Waals surface area contributed by atoms with Gasteiger partial charge >= 0.3 is 6.36 Å². The Morgan fingerprint density at radius 2 is 1.84 bits per heavy atom. The molecule has 0 unspecified atom stereocenters. The monoisotopic (exact) mass is 334 g/mol. The largest absolute Gasteiger partial charge is 0.573 e. The number of aromatic nitrogens is 2. The molecule has 0 spiro atoms. The molecule has 19 heavy (non-hydrogen) atoms. The normalized spacial score (nSPS) is 11.4. The predicted molar refractivity (Wildman–Crippen MR) is 64.7 cm³/mol. The average molecular weight is 335 g/mol. The fourth-order valence-corrected chi connectivity index (χ4v) is 1.54. The SMILES string of the molecule is O=c1[nH]c(-c2ccc(OC(F)(F)F)cc2)ncc1Br. The molecule has 0 saturated heterocycles. The number of rotatable bonds is 2. The molecule has 0 amide bonds. The fraction of sp³-hybridized carbons (Fsp3) is 0.0909. The zero-order valence-electron chi connectivity index (χ0n) is 9.16. The van der Waals surface area contributed by atoms with Crippen molar-refractivity contribution in [3.8, 4) is 17.1 Å². The van der Waals surface area contributed by atoms with Crippen molar-refractivity contribution in [3.63, 3.8) is 0 Å². The van der Waals surface area contributed by atoms with Crippen molar-refractivity contribution in [2.24, 2.45) is 0 Å². The Balaban J connectivity index is 2.27. The lowest BCUT2D eigenvalue weighted by atomic mass is 10.2. The van der Waals surface area contributed by atoms with Gasteiger partial charge in [0, 0.05) is 11.8 Å². The molecule has 0 saturated carbocycles. The fourth-order valence-electron chi connectivity index (χ4n) is 1.34. The molecule has 0 radical (unpaired) electrons. The van der Waals surface area contributed by atoms with Gasteiger partial charge in [-0.25, -0.2) is 4.98 Å². The maximum absolute atomic E-state index is 12.0. The van der Waals surface area contributed by atoms with Gasteiger partial charge in [0.1, 0.15) is 16.0 Å². The highest BCUT2D eigenvalue weighted by atomic mass is 79.9. The molecule has 4 nitrogen and oxygen atoms in total. The summed E-state index contributed by atoms with van der Waals surface area (Å²) in [5.41, 5.74) is 0.0970. The summed E-state index contributed by atoms with van der Waals surface area (Å²) in [5, 5.41) is 0. The van der Waals surface area contributed by atoms with Crippen molar-refractivity contribution in [1.29, 1.82) is 0 Å². The first-order chi connectivity index (χ1) is 8.85. The van der Waals surface area contributed by atoms with Gasteiger partial charge in [0.25, 0.3) is 5.56 Å². The summed E-state index contributed by atoms with van der Waals surface area (Å²) in [6, 6.07) is 5.02. The summed E-state index contributed by atoms with van der Waals surface area (Å²) in [5.74, 6) is -0.0810. The molecule has 1 heterocycles. The lowest BCUT2D eigenvalue weighted by molar-refractivity contribution is -0.274. The van der Waals surface area contributed by atoms with Gasteiger partial charge in [-0.1, -0.05) is 0 Å². The Hall–Kier alpha value is -1.83. The summed E-state index contributed by atoms with van der Waals surface area (Å²) in [6.07, 6.45) is -3.42. The molecular formula is C11H6BrF3N2O2. The highest BCUT2D eigenvalue weighted by molar-refractivity contribution is 9.10. The van der Waals surface area contributed by atoms with E-state index in [0.29, 0.717) is 5.56 Å². The number of halogens is 4. The van der Waals surface area contributed by atoms with Gasteiger partial charge in [-0.2, -0.15) is 0 Å². The molecule has 0 aliphatic heterocycles. The number of hydrogen-bond donors (Lipinski definition) is 1. The third-order valence-electron chi connectivity index (χ3n) is 2.12. The average Bonchev–Trinajstić information content (AvgIpc) is 2.32. The van der Waals surface area contributed by atoms with Crippen molar-refractivity contribution in [2.75, 3.05) is 0 Å². The van der Waals surface area contributed by atoms with Gasteiger partial charge in [-0.15, -0.1) is 13.2 Å². The number of benzene rings is 1. The van der Waals surface area contributed by atoms with Crippen LogP contribution in [-0.4, -0.2) is 16.3 Å². The van der Waals surface area contributed by atoms with E-state index in [-0.39, 0.29) is 21.6 Å². The smallest absolute Gasteiger partial charge is 0.406 e. The first kappa shape index (κ1) is 13.6. The van der Waals surface area contributed by atoms with Gasteiger partial charge in [0.15, 0.2) is 0 Å². The van der Waals surface area contributed by atoms with E-state index in [1.165, 1.54) is 18.3 Å². The zero-order chi connectivity index (χ0) is 14.0. The number of ether oxygens (including phenoxy) is 1. The van der Waals surface area contributed by atoms with Crippen molar-refractivity contribution in [2.45, 2.75) is 6.36 Å². The van der Waals surface area contributed by atoms with E-state index in [1.807, 2.05) is 0 Å². The van der Waals surface area contributed by atoms with Gasteiger partial charge < -0.3 is 9.72 Å². The summed E-state index contributed by atoms with van der Waals surface area (Å²) in [7, 11) is 0. The predicted octanol–water partition coefficient (Wildman–Crippen LogP) is 3.10. The van der Waals surface area contributed by atoms with E-state index >= 15 is 0 Å². The minimum Gasteiger partial charge on any atom is -0.406 e. The minimum absolute atomic E-state index is 0.256. The lowest BCUT2D eigenvalue weighted by Crippen LogP contribution is -2.17. The zero-order valence-corrected chi connectivity index (χ0v) is 10.7. The van der Waals surface area contributed by atoms with Crippen LogP contribution in [0.25, 0.3) is 11.4 Å². The standard InChI is InChI=1S/C11H6BrF3N2O2/c12-8-5-16-9(17-10(8)18)6-1-3-7(4-2-6)19-11(13,14)15/h1-5H,(H,16,17,18). The van der Waals surface area contributed by atoms with Gasteiger partial charge in [-0.3, -0.25) is 4.79 Å². The van der Waals surface area contributed by atoms with Crippen LogP contribution in [0.2, 0.25) is 0 Å². The second-order valence-corrected chi connectivity index (χ2v) is 4.34. The number of hydrogen-bond acceptors (Lipinski definition) is 3. The first-order valence-electron chi connectivity index (χ1n) is 4.96. The summed E-state index contributed by atoms with van der Waals surface area (Å²) in [6.45, 7) is 0. The molecule has 2 aromatic rings. The minimum atomic E-state index is -4.73. The Morgan fingerprint density at radius 1 is 1.21 bits per heavy atom. The van der Waals surface area contributed by atoms with Crippen molar-refractivity contribution in [3.05, 3.63) is 45.3 Å². The third-order valence-corrected chi connectivity index (χ3v) is 2.68. The number of H-pyrrole nitrogens is 1. The van der Waals surface area contributed by atoms with E-state index in [0.717, 1.165) is 12.1 Å². The number of alkyl halides is 3. The molecule has 2 rings (SSSR count). The van der Waals surface area contributed by atoms with Crippen LogP contribution in [-0.2, 0) is 0 Å². The van der Waals surface area contributed by atoms with E-state index in [9.17, 15) is 18.0 Å². The van der Waals surface area contributed by atoms with Crippen LogP contribution in [0.4, 0.5) is 13.2 Å². The summed E-state index contributed by atoms with van der Waals surface area (Å²) in [4.78, 5) is 17.8. The van der Waals surface area contributed by atoms with E-state index in [4.69, 9.17) is 0 Å². The van der Waals surface area contributed by atoms with Gasteiger partial charge in [0.05, 0.1) is 0 Å². The molecule has 0 aliphatic carbocycles. The van der Waals surface area contributed by atoms with E-state index in [2.05, 4.69) is 30.6 Å². The lowest BCUT2D eigenvalue weighted by Gasteiger charge is -2.09. The first-order valence-corrected chi connectivity index (χ1v) is 5.75. The van der Waals surface area contributed by atoms with Crippen LogP contribution in [0.1, 0.15) is 0 Å². The third kappa shape index (κ3) is 3.57. The Bertz CT molecular complexity index is 638. The molecule has 0 atom stereocenters. The van der Waals surface area contributed by atoms with Crippen LogP contribution in [0.15, 0.2) is 39.7 Å². The molecule has 100 valence electrons. The van der Waals surface area contributed by atoms with Crippen LogP contribution < -0.4 is 10.3 Å². The highest BCUT2D eigenvalue weighted by Gasteiger charge is 2.30. The molecule has 1 N–H and O–H groups in total. The quantitative estimate of drug-likeness (QED) is 0.918. The molecule has 0 aliphatic rings. The topological polar surface area (TPSA) is 55.0 Å². The molecule has 8 heteroatoms. The van der Waals surface area contributed by atoms with E-state index in [1.54, 1.807) is 0 Å². The maximum atomic E-state index is 12.0. The molecule has 1 aromatic heterocycles. The van der Waals surface area contributed by atoms with Gasteiger partial charge in [0.2, 0.25) is 0 Å². The van der Waals surface area contributed by atoms with Gasteiger partial charge in [-0.05, 0) is 40.2 Å².